The highest BCUT2D eigenvalue weighted by molar-refractivity contribution is 5.95. The van der Waals surface area contributed by atoms with Crippen LogP contribution >= 0.6 is 0 Å². The predicted molar refractivity (Wildman–Crippen MR) is 79.7 cm³/mol. The topological polar surface area (TPSA) is 70.2 Å². The van der Waals surface area contributed by atoms with Crippen molar-refractivity contribution >= 4 is 23.2 Å². The van der Waals surface area contributed by atoms with Gasteiger partial charge in [-0.3, -0.25) is 9.59 Å². The first-order valence-electron chi connectivity index (χ1n) is 7.03. The average molecular weight is 275 g/mol. The van der Waals surface area contributed by atoms with E-state index in [1.807, 2.05) is 32.0 Å². The quantitative estimate of drug-likeness (QED) is 0.742. The van der Waals surface area contributed by atoms with Gasteiger partial charge in [0.25, 0.3) is 0 Å². The van der Waals surface area contributed by atoms with Gasteiger partial charge in [-0.25, -0.2) is 0 Å². The third kappa shape index (κ3) is 3.73. The van der Waals surface area contributed by atoms with E-state index in [2.05, 4.69) is 16.0 Å². The van der Waals surface area contributed by atoms with Crippen LogP contribution in [0.5, 0.6) is 0 Å². The number of rotatable bonds is 6. The van der Waals surface area contributed by atoms with Gasteiger partial charge in [0.2, 0.25) is 11.8 Å². The van der Waals surface area contributed by atoms with Crippen LogP contribution < -0.4 is 16.0 Å². The molecule has 1 aromatic rings. The van der Waals surface area contributed by atoms with Gasteiger partial charge < -0.3 is 16.0 Å². The zero-order valence-corrected chi connectivity index (χ0v) is 12.0. The van der Waals surface area contributed by atoms with Crippen molar-refractivity contribution < 1.29 is 9.59 Å². The van der Waals surface area contributed by atoms with Crippen molar-refractivity contribution in [1.29, 1.82) is 0 Å². The van der Waals surface area contributed by atoms with Gasteiger partial charge in [0, 0.05) is 23.8 Å². The molecule has 0 saturated heterocycles. The largest absolute Gasteiger partial charge is 0.376 e. The standard InChI is InChI=1S/C15H21N3O2/c1-3-16-14(19)9-17-12-5-4-6-13(10(12)2)18-15(20)11-7-8-11/h4-6,11,17H,3,7-9H2,1-2H3,(H,16,19)(H,18,20). The molecule has 0 heterocycles. The van der Waals surface area contributed by atoms with Gasteiger partial charge in [-0.15, -0.1) is 0 Å². The van der Waals surface area contributed by atoms with E-state index in [0.717, 1.165) is 29.8 Å². The highest BCUT2D eigenvalue weighted by Gasteiger charge is 2.29. The van der Waals surface area contributed by atoms with Crippen LogP contribution in [-0.4, -0.2) is 24.9 Å². The van der Waals surface area contributed by atoms with Crippen LogP contribution in [0.15, 0.2) is 18.2 Å². The van der Waals surface area contributed by atoms with Crippen LogP contribution in [0.3, 0.4) is 0 Å². The first-order valence-corrected chi connectivity index (χ1v) is 7.03. The number of likely N-dealkylation sites (N-methyl/N-ethyl adjacent to an activating group) is 1. The van der Waals surface area contributed by atoms with Gasteiger partial charge in [-0.05, 0) is 44.4 Å². The van der Waals surface area contributed by atoms with E-state index in [4.69, 9.17) is 0 Å². The molecule has 3 N–H and O–H groups in total. The minimum Gasteiger partial charge on any atom is -0.376 e. The molecule has 5 nitrogen and oxygen atoms in total. The molecule has 1 aliphatic rings. The van der Waals surface area contributed by atoms with Crippen LogP contribution in [0.4, 0.5) is 11.4 Å². The molecule has 1 saturated carbocycles. The van der Waals surface area contributed by atoms with Crippen LogP contribution in [0, 0.1) is 12.8 Å². The molecule has 2 rings (SSSR count). The molecule has 1 fully saturated rings. The summed E-state index contributed by atoms with van der Waals surface area (Å²) in [5, 5.41) is 8.77. The highest BCUT2D eigenvalue weighted by atomic mass is 16.2. The second-order valence-electron chi connectivity index (χ2n) is 5.05. The molecule has 0 unspecified atom stereocenters. The normalized spacial score (nSPS) is 13.7. The van der Waals surface area contributed by atoms with E-state index >= 15 is 0 Å². The lowest BCUT2D eigenvalue weighted by Crippen LogP contribution is -2.29. The Morgan fingerprint density at radius 1 is 1.25 bits per heavy atom. The van der Waals surface area contributed by atoms with Crippen molar-refractivity contribution in [3.8, 4) is 0 Å². The van der Waals surface area contributed by atoms with Crippen LogP contribution in [-0.2, 0) is 9.59 Å². The summed E-state index contributed by atoms with van der Waals surface area (Å²) >= 11 is 0. The Kier molecular flexibility index (Phi) is 4.61. The van der Waals surface area contributed by atoms with Gasteiger partial charge in [-0.2, -0.15) is 0 Å². The fraction of sp³-hybridized carbons (Fsp3) is 0.467. The molecule has 1 aliphatic carbocycles. The van der Waals surface area contributed by atoms with E-state index < -0.39 is 0 Å². The number of nitrogens with one attached hydrogen (secondary N) is 3. The number of amides is 2. The minimum atomic E-state index is -0.0423. The predicted octanol–water partition coefficient (Wildman–Crippen LogP) is 1.89. The van der Waals surface area contributed by atoms with E-state index in [0.29, 0.717) is 6.54 Å². The fourth-order valence-electron chi connectivity index (χ4n) is 1.98. The van der Waals surface area contributed by atoms with Crippen molar-refractivity contribution in [2.24, 2.45) is 5.92 Å². The Bertz CT molecular complexity index is 510. The Morgan fingerprint density at radius 3 is 2.60 bits per heavy atom. The van der Waals surface area contributed by atoms with E-state index in [-0.39, 0.29) is 24.3 Å². The maximum atomic E-state index is 11.8. The molecule has 0 aliphatic heterocycles. The highest BCUT2D eigenvalue weighted by Crippen LogP contribution is 2.31. The lowest BCUT2D eigenvalue weighted by atomic mass is 10.1. The third-order valence-electron chi connectivity index (χ3n) is 3.35. The zero-order chi connectivity index (χ0) is 14.5. The Morgan fingerprint density at radius 2 is 1.95 bits per heavy atom. The molecule has 1 aromatic carbocycles. The van der Waals surface area contributed by atoms with Crippen molar-refractivity contribution in [2.75, 3.05) is 23.7 Å². The van der Waals surface area contributed by atoms with Gasteiger partial charge in [0.15, 0.2) is 0 Å². The Balaban J connectivity index is 1.99. The number of anilines is 2. The van der Waals surface area contributed by atoms with Gasteiger partial charge in [0.05, 0.1) is 6.54 Å². The second-order valence-corrected chi connectivity index (χ2v) is 5.05. The number of benzene rings is 1. The monoisotopic (exact) mass is 275 g/mol. The SMILES string of the molecule is CCNC(=O)CNc1cccc(NC(=O)C2CC2)c1C. The Hall–Kier alpha value is -2.04. The van der Waals surface area contributed by atoms with Crippen LogP contribution in [0.2, 0.25) is 0 Å². The summed E-state index contributed by atoms with van der Waals surface area (Å²) in [6, 6.07) is 5.66. The lowest BCUT2D eigenvalue weighted by Gasteiger charge is -2.14. The maximum absolute atomic E-state index is 11.8. The summed E-state index contributed by atoms with van der Waals surface area (Å²) in [6.45, 7) is 4.67. The third-order valence-corrected chi connectivity index (χ3v) is 3.35. The average Bonchev–Trinajstić information content (AvgIpc) is 3.24. The molecule has 0 atom stereocenters. The van der Waals surface area contributed by atoms with Crippen molar-refractivity contribution in [2.45, 2.75) is 26.7 Å². The van der Waals surface area contributed by atoms with Crippen molar-refractivity contribution in [1.82, 2.24) is 5.32 Å². The second kappa shape index (κ2) is 6.41. The first-order chi connectivity index (χ1) is 9.61. The molecular weight excluding hydrogens is 254 g/mol. The van der Waals surface area contributed by atoms with Gasteiger partial charge in [-0.1, -0.05) is 6.07 Å². The molecule has 0 aromatic heterocycles. The smallest absolute Gasteiger partial charge is 0.239 e. The van der Waals surface area contributed by atoms with Crippen LogP contribution in [0.1, 0.15) is 25.3 Å². The van der Waals surface area contributed by atoms with E-state index in [1.54, 1.807) is 0 Å². The fourth-order valence-corrected chi connectivity index (χ4v) is 1.98. The molecule has 0 radical (unpaired) electrons. The summed E-state index contributed by atoms with van der Waals surface area (Å²) in [6.07, 6.45) is 1.97. The van der Waals surface area contributed by atoms with Crippen LogP contribution in [0.25, 0.3) is 0 Å². The zero-order valence-electron chi connectivity index (χ0n) is 12.0. The van der Waals surface area contributed by atoms with Gasteiger partial charge >= 0.3 is 0 Å². The summed E-state index contributed by atoms with van der Waals surface area (Å²) in [5.74, 6) is 0.231. The summed E-state index contributed by atoms with van der Waals surface area (Å²) in [5.41, 5.74) is 2.62. The molecule has 0 spiro atoms. The summed E-state index contributed by atoms with van der Waals surface area (Å²) < 4.78 is 0. The number of carbonyl (C=O) groups is 2. The molecule has 108 valence electrons. The maximum Gasteiger partial charge on any atom is 0.239 e. The molecule has 2 amide bonds. The van der Waals surface area contributed by atoms with Crippen molar-refractivity contribution in [3.05, 3.63) is 23.8 Å². The molecular formula is C15H21N3O2. The first kappa shape index (κ1) is 14.4. The number of hydrogen-bond acceptors (Lipinski definition) is 3. The number of carbonyl (C=O) groups excluding carboxylic acids is 2. The van der Waals surface area contributed by atoms with E-state index in [9.17, 15) is 9.59 Å². The molecule has 20 heavy (non-hydrogen) atoms. The Labute approximate surface area is 119 Å². The molecule has 0 bridgehead atoms. The van der Waals surface area contributed by atoms with Gasteiger partial charge in [0.1, 0.15) is 0 Å². The minimum absolute atomic E-state index is 0.0423. The number of hydrogen-bond donors (Lipinski definition) is 3. The van der Waals surface area contributed by atoms with Crippen molar-refractivity contribution in [3.63, 3.8) is 0 Å². The lowest BCUT2D eigenvalue weighted by molar-refractivity contribution is -0.119. The van der Waals surface area contributed by atoms with E-state index in [1.165, 1.54) is 0 Å². The summed E-state index contributed by atoms with van der Waals surface area (Å²) in [4.78, 5) is 23.2. The molecule has 5 heteroatoms. The summed E-state index contributed by atoms with van der Waals surface area (Å²) in [7, 11) is 0.